The summed E-state index contributed by atoms with van der Waals surface area (Å²) in [5.74, 6) is 2.27. The Bertz CT molecular complexity index is 581. The van der Waals surface area contributed by atoms with Crippen molar-refractivity contribution >= 4 is 5.69 Å². The molecule has 5 heteroatoms. The minimum atomic E-state index is 0.389. The molecule has 20 heavy (non-hydrogen) atoms. The van der Waals surface area contributed by atoms with Crippen LogP contribution in [0.25, 0.3) is 11.4 Å². The minimum Gasteiger partial charge on any atom is -0.399 e. The van der Waals surface area contributed by atoms with Crippen molar-refractivity contribution in [1.82, 2.24) is 20.2 Å². The van der Waals surface area contributed by atoms with Crippen LogP contribution in [0.3, 0.4) is 0 Å². The van der Waals surface area contributed by atoms with E-state index in [-0.39, 0.29) is 0 Å². The zero-order valence-electron chi connectivity index (χ0n) is 12.0. The van der Waals surface area contributed by atoms with Gasteiger partial charge in [-0.15, -0.1) is 5.10 Å². The summed E-state index contributed by atoms with van der Waals surface area (Å²) in [5.41, 5.74) is 7.58. The standard InChI is InChI=1S/C15H21N5/c1-10-6-11(2)8-14(7-10)20-15(17-18-19-20)12-4-3-5-13(16)9-12/h3-5,9-11,14H,6-8,16H2,1-2H3. The van der Waals surface area contributed by atoms with Crippen LogP contribution in [0.4, 0.5) is 5.69 Å². The first-order valence-electron chi connectivity index (χ1n) is 7.27. The molecule has 0 bridgehead atoms. The van der Waals surface area contributed by atoms with E-state index in [4.69, 9.17) is 5.73 Å². The van der Waals surface area contributed by atoms with Crippen LogP contribution in [0.1, 0.15) is 39.2 Å². The normalized spacial score (nSPS) is 26.6. The van der Waals surface area contributed by atoms with Crippen molar-refractivity contribution in [3.63, 3.8) is 0 Å². The fourth-order valence-corrected chi connectivity index (χ4v) is 3.41. The summed E-state index contributed by atoms with van der Waals surface area (Å²) in [6, 6.07) is 8.14. The second kappa shape index (κ2) is 5.23. The van der Waals surface area contributed by atoms with Gasteiger partial charge in [0.2, 0.25) is 0 Å². The Morgan fingerprint density at radius 2 is 1.90 bits per heavy atom. The molecule has 1 aromatic heterocycles. The molecule has 0 amide bonds. The van der Waals surface area contributed by atoms with Crippen LogP contribution < -0.4 is 5.73 Å². The summed E-state index contributed by atoms with van der Waals surface area (Å²) >= 11 is 0. The van der Waals surface area contributed by atoms with E-state index in [2.05, 4.69) is 29.4 Å². The molecule has 1 aliphatic carbocycles. The molecule has 2 atom stereocenters. The highest BCUT2D eigenvalue weighted by Crippen LogP contribution is 2.37. The smallest absolute Gasteiger partial charge is 0.182 e. The van der Waals surface area contributed by atoms with E-state index in [1.807, 2.05) is 28.9 Å². The molecule has 2 unspecified atom stereocenters. The second-order valence-corrected chi connectivity index (χ2v) is 6.14. The number of hydrogen-bond acceptors (Lipinski definition) is 4. The van der Waals surface area contributed by atoms with Gasteiger partial charge in [-0.2, -0.15) is 0 Å². The fraction of sp³-hybridized carbons (Fsp3) is 0.533. The molecule has 106 valence electrons. The Hall–Kier alpha value is -1.91. The molecular weight excluding hydrogens is 250 g/mol. The van der Waals surface area contributed by atoms with E-state index >= 15 is 0 Å². The van der Waals surface area contributed by atoms with Crippen LogP contribution in [0.15, 0.2) is 24.3 Å². The molecule has 3 rings (SSSR count). The first kappa shape index (κ1) is 13.1. The molecule has 1 saturated carbocycles. The average Bonchev–Trinajstić information content (AvgIpc) is 2.86. The number of nitrogen functional groups attached to an aromatic ring is 1. The third-order valence-corrected chi connectivity index (χ3v) is 4.14. The zero-order chi connectivity index (χ0) is 14.1. The molecular formula is C15H21N5. The molecule has 1 aliphatic rings. The number of tetrazole rings is 1. The molecule has 0 spiro atoms. The van der Waals surface area contributed by atoms with E-state index in [9.17, 15) is 0 Å². The first-order chi connectivity index (χ1) is 9.63. The number of rotatable bonds is 2. The average molecular weight is 271 g/mol. The summed E-state index contributed by atoms with van der Waals surface area (Å²) in [4.78, 5) is 0. The third kappa shape index (κ3) is 2.53. The molecule has 0 aliphatic heterocycles. The van der Waals surface area contributed by atoms with Gasteiger partial charge in [0.05, 0.1) is 6.04 Å². The van der Waals surface area contributed by atoms with Crippen molar-refractivity contribution in [3.05, 3.63) is 24.3 Å². The van der Waals surface area contributed by atoms with Crippen molar-refractivity contribution in [2.75, 3.05) is 5.73 Å². The topological polar surface area (TPSA) is 69.6 Å². The maximum atomic E-state index is 5.86. The van der Waals surface area contributed by atoms with Crippen molar-refractivity contribution < 1.29 is 0 Å². The van der Waals surface area contributed by atoms with E-state index in [1.54, 1.807) is 0 Å². The van der Waals surface area contributed by atoms with Gasteiger partial charge in [-0.1, -0.05) is 26.0 Å². The molecule has 0 radical (unpaired) electrons. The van der Waals surface area contributed by atoms with Crippen LogP contribution in [-0.2, 0) is 0 Å². The van der Waals surface area contributed by atoms with Crippen LogP contribution in [0, 0.1) is 11.8 Å². The number of benzene rings is 1. The van der Waals surface area contributed by atoms with Gasteiger partial charge < -0.3 is 5.73 Å². The molecule has 5 nitrogen and oxygen atoms in total. The van der Waals surface area contributed by atoms with E-state index in [0.29, 0.717) is 6.04 Å². The van der Waals surface area contributed by atoms with Gasteiger partial charge in [0.25, 0.3) is 0 Å². The second-order valence-electron chi connectivity index (χ2n) is 6.14. The number of nitrogens with two attached hydrogens (primary N) is 1. The lowest BCUT2D eigenvalue weighted by atomic mass is 9.80. The van der Waals surface area contributed by atoms with Gasteiger partial charge in [-0.3, -0.25) is 0 Å². The lowest BCUT2D eigenvalue weighted by molar-refractivity contribution is 0.209. The highest BCUT2D eigenvalue weighted by atomic mass is 15.5. The number of nitrogens with zero attached hydrogens (tertiary/aromatic N) is 4. The van der Waals surface area contributed by atoms with Crippen molar-refractivity contribution in [2.45, 2.75) is 39.2 Å². The molecule has 2 aromatic rings. The van der Waals surface area contributed by atoms with Gasteiger partial charge in [0.1, 0.15) is 0 Å². The van der Waals surface area contributed by atoms with Crippen LogP contribution in [0.5, 0.6) is 0 Å². The largest absolute Gasteiger partial charge is 0.399 e. The molecule has 1 aromatic carbocycles. The maximum absolute atomic E-state index is 5.86. The maximum Gasteiger partial charge on any atom is 0.182 e. The van der Waals surface area contributed by atoms with Crippen molar-refractivity contribution in [2.24, 2.45) is 11.8 Å². The van der Waals surface area contributed by atoms with Crippen LogP contribution in [-0.4, -0.2) is 20.2 Å². The predicted molar refractivity (Wildman–Crippen MR) is 78.9 cm³/mol. The van der Waals surface area contributed by atoms with Crippen LogP contribution >= 0.6 is 0 Å². The van der Waals surface area contributed by atoms with Gasteiger partial charge in [0, 0.05) is 11.3 Å². The van der Waals surface area contributed by atoms with Crippen molar-refractivity contribution in [3.8, 4) is 11.4 Å². The highest BCUT2D eigenvalue weighted by molar-refractivity contribution is 5.60. The first-order valence-corrected chi connectivity index (χ1v) is 7.27. The summed E-state index contributed by atoms with van der Waals surface area (Å²) in [6.45, 7) is 4.63. The van der Waals surface area contributed by atoms with Gasteiger partial charge >= 0.3 is 0 Å². The Morgan fingerprint density at radius 3 is 2.60 bits per heavy atom. The SMILES string of the molecule is CC1CC(C)CC(n2nnnc2-c2cccc(N)c2)C1. The van der Waals surface area contributed by atoms with E-state index in [0.717, 1.165) is 41.8 Å². The highest BCUT2D eigenvalue weighted by Gasteiger charge is 2.28. The van der Waals surface area contributed by atoms with Gasteiger partial charge in [-0.05, 0) is 53.7 Å². The molecule has 0 saturated heterocycles. The predicted octanol–water partition coefficient (Wildman–Crippen LogP) is 2.92. The van der Waals surface area contributed by atoms with Crippen molar-refractivity contribution in [1.29, 1.82) is 0 Å². The van der Waals surface area contributed by atoms with Crippen LogP contribution in [0.2, 0.25) is 0 Å². The molecule has 2 N–H and O–H groups in total. The summed E-state index contributed by atoms with van der Waals surface area (Å²) in [7, 11) is 0. The quantitative estimate of drug-likeness (QED) is 0.853. The van der Waals surface area contributed by atoms with E-state index in [1.165, 1.54) is 6.42 Å². The minimum absolute atomic E-state index is 0.389. The Labute approximate surface area is 119 Å². The Balaban J connectivity index is 1.94. The zero-order valence-corrected chi connectivity index (χ0v) is 12.0. The summed E-state index contributed by atoms with van der Waals surface area (Å²) in [5, 5.41) is 12.3. The van der Waals surface area contributed by atoms with Gasteiger partial charge in [-0.25, -0.2) is 4.68 Å². The van der Waals surface area contributed by atoms with E-state index < -0.39 is 0 Å². The third-order valence-electron chi connectivity index (χ3n) is 4.14. The number of anilines is 1. The molecule has 1 fully saturated rings. The lowest BCUT2D eigenvalue weighted by Crippen LogP contribution is -2.24. The lowest BCUT2D eigenvalue weighted by Gasteiger charge is -2.31. The fourth-order valence-electron chi connectivity index (χ4n) is 3.41. The Morgan fingerprint density at radius 1 is 1.15 bits per heavy atom. The number of aromatic nitrogens is 4. The molecule has 1 heterocycles. The number of hydrogen-bond donors (Lipinski definition) is 1. The van der Waals surface area contributed by atoms with Gasteiger partial charge in [0.15, 0.2) is 5.82 Å². The Kier molecular flexibility index (Phi) is 3.42. The monoisotopic (exact) mass is 271 g/mol. The summed E-state index contributed by atoms with van der Waals surface area (Å²) < 4.78 is 1.99. The summed E-state index contributed by atoms with van der Waals surface area (Å²) in [6.07, 6.45) is 3.58.